The molecule has 0 spiro atoms. The molecule has 1 unspecified atom stereocenters. The molecule has 1 amide bonds. The van der Waals surface area contributed by atoms with Gasteiger partial charge >= 0.3 is 0 Å². The maximum atomic E-state index is 13.3. The van der Waals surface area contributed by atoms with Crippen molar-refractivity contribution in [1.29, 1.82) is 0 Å². The molecule has 1 fully saturated rings. The van der Waals surface area contributed by atoms with E-state index in [1.54, 1.807) is 0 Å². The van der Waals surface area contributed by atoms with Crippen LogP contribution in [0.15, 0.2) is 36.9 Å². The largest absolute Gasteiger partial charge is 0.335 e. The van der Waals surface area contributed by atoms with Gasteiger partial charge in [-0.15, -0.1) is 6.58 Å². The van der Waals surface area contributed by atoms with Crippen LogP contribution in [0, 0.1) is 6.92 Å². The van der Waals surface area contributed by atoms with Crippen LogP contribution in [0.2, 0.25) is 0 Å². The number of carbonyl (C=O) groups excluding carboxylic acids is 1. The Kier molecular flexibility index (Phi) is 6.35. The fraction of sp³-hybridized carbons (Fsp3) is 0.500. The van der Waals surface area contributed by atoms with E-state index in [1.807, 2.05) is 15.7 Å². The van der Waals surface area contributed by atoms with Crippen LogP contribution in [0.1, 0.15) is 39.3 Å². The number of carbonyl (C=O) groups is 1. The Labute approximate surface area is 179 Å². The second-order valence-electron chi connectivity index (χ2n) is 8.65. The molecule has 30 heavy (non-hydrogen) atoms. The Hall–Kier alpha value is -2.44. The molecular formula is C24H33N5O. The summed E-state index contributed by atoms with van der Waals surface area (Å²) in [6.07, 6.45) is 4.72. The van der Waals surface area contributed by atoms with Crippen LogP contribution in [-0.4, -0.2) is 64.8 Å². The molecule has 0 bridgehead atoms. The van der Waals surface area contributed by atoms with Crippen molar-refractivity contribution >= 4 is 5.91 Å². The second kappa shape index (κ2) is 9.14. The highest BCUT2D eigenvalue weighted by atomic mass is 16.2. The van der Waals surface area contributed by atoms with E-state index in [2.05, 4.69) is 55.0 Å². The van der Waals surface area contributed by atoms with E-state index in [4.69, 9.17) is 5.10 Å². The van der Waals surface area contributed by atoms with Crippen LogP contribution in [0.4, 0.5) is 0 Å². The molecule has 1 aliphatic heterocycles. The monoisotopic (exact) mass is 407 g/mol. The van der Waals surface area contributed by atoms with E-state index >= 15 is 0 Å². The molecule has 6 nitrogen and oxygen atoms in total. The number of benzene rings is 1. The third-order valence-corrected chi connectivity index (χ3v) is 6.32. The number of aryl methyl sites for hydroxylation is 1. The van der Waals surface area contributed by atoms with Gasteiger partial charge in [0.15, 0.2) is 5.69 Å². The van der Waals surface area contributed by atoms with Crippen LogP contribution in [0.5, 0.6) is 0 Å². The number of nitrogens with one attached hydrogen (secondary N) is 1. The summed E-state index contributed by atoms with van der Waals surface area (Å²) in [5.74, 6) is 0.0847. The average molecular weight is 408 g/mol. The van der Waals surface area contributed by atoms with Crippen molar-refractivity contribution in [2.24, 2.45) is 0 Å². The zero-order chi connectivity index (χ0) is 21.1. The zero-order valence-electron chi connectivity index (χ0n) is 18.2. The highest BCUT2D eigenvalue weighted by molar-refractivity contribution is 5.94. The number of hydrogen-bond donors (Lipinski definition) is 1. The van der Waals surface area contributed by atoms with Gasteiger partial charge in [0.25, 0.3) is 5.91 Å². The molecule has 2 heterocycles. The van der Waals surface area contributed by atoms with Gasteiger partial charge in [0.1, 0.15) is 0 Å². The molecule has 1 N–H and O–H groups in total. The van der Waals surface area contributed by atoms with Crippen molar-refractivity contribution < 1.29 is 4.79 Å². The third-order valence-electron chi connectivity index (χ3n) is 6.32. The van der Waals surface area contributed by atoms with Gasteiger partial charge < -0.3 is 15.1 Å². The maximum absolute atomic E-state index is 13.3. The lowest BCUT2D eigenvalue weighted by Gasteiger charge is -2.32. The molecule has 1 aromatic carbocycles. The van der Waals surface area contributed by atoms with Crippen LogP contribution in [0.3, 0.4) is 0 Å². The predicted octanol–water partition coefficient (Wildman–Crippen LogP) is 2.41. The standard InChI is InChI=1S/C24H33N5O/c1-4-10-29-22-9-8-20(25-17-19-7-5-6-18(2)15-19)16-21(22)23(26-29)24(30)28-13-11-27(3)12-14-28/h4-7,15,20,25H,1,8-14,16-17H2,2-3H3. The minimum atomic E-state index is 0.0847. The van der Waals surface area contributed by atoms with Crippen molar-refractivity contribution in [2.45, 2.75) is 45.3 Å². The van der Waals surface area contributed by atoms with Crippen molar-refractivity contribution in [1.82, 2.24) is 24.9 Å². The van der Waals surface area contributed by atoms with Gasteiger partial charge in [-0.3, -0.25) is 9.48 Å². The first-order chi connectivity index (χ1) is 14.5. The molecule has 1 atom stereocenters. The van der Waals surface area contributed by atoms with Crippen LogP contribution in [-0.2, 0) is 25.9 Å². The number of likely N-dealkylation sites (N-methyl/N-ethyl adjacent to an activating group) is 1. The number of hydrogen-bond acceptors (Lipinski definition) is 4. The van der Waals surface area contributed by atoms with Crippen LogP contribution < -0.4 is 5.32 Å². The molecule has 6 heteroatoms. The summed E-state index contributed by atoms with van der Waals surface area (Å²) in [7, 11) is 2.10. The number of fused-ring (bicyclic) bond motifs is 1. The first kappa shape index (κ1) is 20.8. The molecule has 2 aliphatic rings. The number of nitrogens with zero attached hydrogens (tertiary/aromatic N) is 4. The van der Waals surface area contributed by atoms with Crippen molar-refractivity contribution in [2.75, 3.05) is 33.2 Å². The van der Waals surface area contributed by atoms with E-state index < -0.39 is 0 Å². The molecule has 0 saturated carbocycles. The highest BCUT2D eigenvalue weighted by Crippen LogP contribution is 2.26. The second-order valence-corrected chi connectivity index (χ2v) is 8.65. The molecular weight excluding hydrogens is 374 g/mol. The molecule has 2 aromatic rings. The Balaban J connectivity index is 1.51. The number of amides is 1. The predicted molar refractivity (Wildman–Crippen MR) is 120 cm³/mol. The zero-order valence-corrected chi connectivity index (χ0v) is 18.2. The Morgan fingerprint density at radius 2 is 2.10 bits per heavy atom. The first-order valence-electron chi connectivity index (χ1n) is 11.0. The average Bonchev–Trinajstić information content (AvgIpc) is 3.10. The summed E-state index contributed by atoms with van der Waals surface area (Å²) in [4.78, 5) is 17.5. The summed E-state index contributed by atoms with van der Waals surface area (Å²) in [5, 5.41) is 8.46. The lowest BCUT2D eigenvalue weighted by molar-refractivity contribution is 0.0656. The number of aromatic nitrogens is 2. The summed E-state index contributed by atoms with van der Waals surface area (Å²) >= 11 is 0. The van der Waals surface area contributed by atoms with Gasteiger partial charge in [-0.1, -0.05) is 35.9 Å². The van der Waals surface area contributed by atoms with Crippen molar-refractivity contribution in [3.63, 3.8) is 0 Å². The summed E-state index contributed by atoms with van der Waals surface area (Å²) in [6.45, 7) is 10.9. The molecule has 1 aliphatic carbocycles. The van der Waals surface area contributed by atoms with Gasteiger partial charge in [0.05, 0.1) is 6.54 Å². The number of rotatable bonds is 6. The Morgan fingerprint density at radius 3 is 2.83 bits per heavy atom. The van der Waals surface area contributed by atoms with Gasteiger partial charge in [0, 0.05) is 50.0 Å². The molecule has 1 saturated heterocycles. The van der Waals surface area contributed by atoms with Crippen molar-refractivity contribution in [3.05, 3.63) is 65.0 Å². The summed E-state index contributed by atoms with van der Waals surface area (Å²) < 4.78 is 1.99. The minimum Gasteiger partial charge on any atom is -0.335 e. The van der Waals surface area contributed by atoms with E-state index in [0.717, 1.165) is 57.5 Å². The lowest BCUT2D eigenvalue weighted by Crippen LogP contribution is -2.47. The van der Waals surface area contributed by atoms with Gasteiger partial charge in [0.2, 0.25) is 0 Å². The quantitative estimate of drug-likeness (QED) is 0.748. The lowest BCUT2D eigenvalue weighted by atomic mass is 9.90. The summed E-state index contributed by atoms with van der Waals surface area (Å²) in [5.41, 5.74) is 5.58. The Bertz CT molecular complexity index is 910. The SMILES string of the molecule is C=CCn1nc(C(=O)N2CCN(C)CC2)c2c1CCC(NCc1cccc(C)c1)C2. The van der Waals surface area contributed by atoms with Crippen LogP contribution >= 0.6 is 0 Å². The Morgan fingerprint density at radius 1 is 1.30 bits per heavy atom. The van der Waals surface area contributed by atoms with E-state index in [1.165, 1.54) is 16.8 Å². The fourth-order valence-corrected chi connectivity index (χ4v) is 4.55. The minimum absolute atomic E-state index is 0.0847. The fourth-order valence-electron chi connectivity index (χ4n) is 4.55. The van der Waals surface area contributed by atoms with Crippen LogP contribution in [0.25, 0.3) is 0 Å². The van der Waals surface area contributed by atoms with Gasteiger partial charge in [-0.2, -0.15) is 5.10 Å². The molecule has 4 rings (SSSR count). The highest BCUT2D eigenvalue weighted by Gasteiger charge is 2.31. The smallest absolute Gasteiger partial charge is 0.274 e. The first-order valence-corrected chi connectivity index (χ1v) is 11.0. The van der Waals surface area contributed by atoms with E-state index in [9.17, 15) is 4.79 Å². The molecule has 0 radical (unpaired) electrons. The van der Waals surface area contributed by atoms with E-state index in [0.29, 0.717) is 18.3 Å². The normalized spacial score (nSPS) is 19.5. The number of allylic oxidation sites excluding steroid dienone is 1. The van der Waals surface area contributed by atoms with Crippen molar-refractivity contribution in [3.8, 4) is 0 Å². The number of piperazine rings is 1. The van der Waals surface area contributed by atoms with Gasteiger partial charge in [-0.05, 0) is 38.8 Å². The topological polar surface area (TPSA) is 53.4 Å². The summed E-state index contributed by atoms with van der Waals surface area (Å²) in [6, 6.07) is 8.99. The van der Waals surface area contributed by atoms with E-state index in [-0.39, 0.29) is 5.91 Å². The van der Waals surface area contributed by atoms with Gasteiger partial charge in [-0.25, -0.2) is 0 Å². The third kappa shape index (κ3) is 4.50. The maximum Gasteiger partial charge on any atom is 0.274 e. The molecule has 160 valence electrons. The molecule has 1 aromatic heterocycles.